The average molecular weight is 254 g/mol. The predicted molar refractivity (Wildman–Crippen MR) is 76.1 cm³/mol. The number of rotatable bonds is 3. The van der Waals surface area contributed by atoms with E-state index in [1.807, 2.05) is 0 Å². The lowest BCUT2D eigenvalue weighted by atomic mass is 9.79. The highest BCUT2D eigenvalue weighted by Crippen LogP contribution is 2.28. The van der Waals surface area contributed by atoms with Crippen LogP contribution in [0.25, 0.3) is 0 Å². The van der Waals surface area contributed by atoms with E-state index in [1.54, 1.807) is 0 Å². The fourth-order valence-electron chi connectivity index (χ4n) is 2.30. The number of amides is 1. The lowest BCUT2D eigenvalue weighted by Crippen LogP contribution is -2.43. The van der Waals surface area contributed by atoms with Crippen LogP contribution in [-0.4, -0.2) is 18.5 Å². The van der Waals surface area contributed by atoms with Gasteiger partial charge in [0.05, 0.1) is 0 Å². The molecule has 18 heavy (non-hydrogen) atoms. The van der Waals surface area contributed by atoms with Crippen LogP contribution in [-0.2, 0) is 4.79 Å². The molecule has 0 aromatic carbocycles. The summed E-state index contributed by atoms with van der Waals surface area (Å²) >= 11 is 0. The highest BCUT2D eigenvalue weighted by Gasteiger charge is 2.30. The van der Waals surface area contributed by atoms with Crippen molar-refractivity contribution < 1.29 is 4.79 Å². The first-order valence-electron chi connectivity index (χ1n) is 7.25. The second kappa shape index (κ2) is 6.05. The molecular formula is C15H30N2O. The first-order chi connectivity index (χ1) is 8.21. The molecule has 1 amide bonds. The van der Waals surface area contributed by atoms with E-state index >= 15 is 0 Å². The van der Waals surface area contributed by atoms with Crippen molar-refractivity contribution in [1.82, 2.24) is 5.32 Å². The van der Waals surface area contributed by atoms with E-state index in [9.17, 15) is 4.79 Å². The van der Waals surface area contributed by atoms with Crippen LogP contribution in [0, 0.1) is 23.2 Å². The van der Waals surface area contributed by atoms with E-state index in [0.29, 0.717) is 11.8 Å². The first-order valence-corrected chi connectivity index (χ1v) is 7.25. The maximum atomic E-state index is 12.1. The van der Waals surface area contributed by atoms with Crippen LogP contribution in [0.5, 0.6) is 0 Å². The van der Waals surface area contributed by atoms with Gasteiger partial charge >= 0.3 is 0 Å². The van der Waals surface area contributed by atoms with Crippen molar-refractivity contribution in [2.45, 2.75) is 59.9 Å². The molecule has 1 saturated carbocycles. The zero-order valence-electron chi connectivity index (χ0n) is 12.6. The largest absolute Gasteiger partial charge is 0.356 e. The number of carbonyl (C=O) groups is 1. The van der Waals surface area contributed by atoms with Gasteiger partial charge in [-0.2, -0.15) is 0 Å². The summed E-state index contributed by atoms with van der Waals surface area (Å²) in [5.74, 6) is 1.37. The Labute approximate surface area is 112 Å². The van der Waals surface area contributed by atoms with E-state index in [4.69, 9.17) is 5.73 Å². The van der Waals surface area contributed by atoms with Crippen molar-refractivity contribution in [3.8, 4) is 0 Å². The molecule has 3 nitrogen and oxygen atoms in total. The minimum Gasteiger partial charge on any atom is -0.356 e. The molecule has 0 aliphatic heterocycles. The van der Waals surface area contributed by atoms with Crippen LogP contribution in [0.4, 0.5) is 0 Å². The summed E-state index contributed by atoms with van der Waals surface area (Å²) in [5.41, 5.74) is 6.29. The highest BCUT2D eigenvalue weighted by atomic mass is 16.1. The van der Waals surface area contributed by atoms with Gasteiger partial charge in [-0.25, -0.2) is 0 Å². The van der Waals surface area contributed by atoms with Crippen molar-refractivity contribution in [3.63, 3.8) is 0 Å². The van der Waals surface area contributed by atoms with Crippen LogP contribution in [0.1, 0.15) is 53.9 Å². The van der Waals surface area contributed by atoms with E-state index in [2.05, 4.69) is 39.9 Å². The third-order valence-electron chi connectivity index (χ3n) is 4.69. The Morgan fingerprint density at radius 3 is 2.50 bits per heavy atom. The molecule has 1 fully saturated rings. The molecule has 3 heteroatoms. The van der Waals surface area contributed by atoms with Gasteiger partial charge in [-0.05, 0) is 36.5 Å². The maximum Gasteiger partial charge on any atom is 0.223 e. The van der Waals surface area contributed by atoms with Gasteiger partial charge < -0.3 is 11.1 Å². The van der Waals surface area contributed by atoms with Gasteiger partial charge in [0.25, 0.3) is 0 Å². The minimum atomic E-state index is 0.128. The Morgan fingerprint density at radius 1 is 1.39 bits per heavy atom. The van der Waals surface area contributed by atoms with E-state index in [1.165, 1.54) is 0 Å². The summed E-state index contributed by atoms with van der Waals surface area (Å²) in [5, 5.41) is 3.10. The van der Waals surface area contributed by atoms with Gasteiger partial charge in [-0.15, -0.1) is 0 Å². The number of carbonyl (C=O) groups excluding carboxylic acids is 1. The number of hydrogen-bond acceptors (Lipinski definition) is 2. The van der Waals surface area contributed by atoms with Crippen LogP contribution in [0.3, 0.4) is 0 Å². The van der Waals surface area contributed by atoms with Crippen LogP contribution >= 0.6 is 0 Å². The quantitative estimate of drug-likeness (QED) is 0.813. The van der Waals surface area contributed by atoms with Gasteiger partial charge in [0.2, 0.25) is 5.91 Å². The number of hydrogen-bond donors (Lipinski definition) is 2. The normalized spacial score (nSPS) is 30.9. The van der Waals surface area contributed by atoms with Gasteiger partial charge in [0.15, 0.2) is 0 Å². The fraction of sp³-hybridized carbons (Fsp3) is 0.933. The molecule has 0 spiro atoms. The molecule has 4 unspecified atom stereocenters. The molecule has 4 atom stereocenters. The third-order valence-corrected chi connectivity index (χ3v) is 4.69. The van der Waals surface area contributed by atoms with Crippen molar-refractivity contribution >= 4 is 5.91 Å². The monoisotopic (exact) mass is 254 g/mol. The molecule has 1 aliphatic rings. The molecular weight excluding hydrogens is 224 g/mol. The highest BCUT2D eigenvalue weighted by molar-refractivity contribution is 5.78. The van der Waals surface area contributed by atoms with Gasteiger partial charge in [-0.3, -0.25) is 4.79 Å². The maximum absolute atomic E-state index is 12.1. The Balaban J connectivity index is 2.38. The average Bonchev–Trinajstić information content (AvgIpc) is 2.27. The zero-order valence-corrected chi connectivity index (χ0v) is 12.6. The second-order valence-corrected chi connectivity index (χ2v) is 7.16. The lowest BCUT2D eigenvalue weighted by molar-refractivity contribution is -0.126. The lowest BCUT2D eigenvalue weighted by Gasteiger charge is -2.32. The van der Waals surface area contributed by atoms with Crippen LogP contribution in [0.15, 0.2) is 0 Å². The van der Waals surface area contributed by atoms with Crippen molar-refractivity contribution in [1.29, 1.82) is 0 Å². The summed E-state index contributed by atoms with van der Waals surface area (Å²) in [4.78, 5) is 12.1. The van der Waals surface area contributed by atoms with Gasteiger partial charge in [0, 0.05) is 18.5 Å². The van der Waals surface area contributed by atoms with Crippen molar-refractivity contribution in [2.75, 3.05) is 6.54 Å². The Kier molecular flexibility index (Phi) is 5.20. The summed E-state index contributed by atoms with van der Waals surface area (Å²) in [7, 11) is 0. The summed E-state index contributed by atoms with van der Waals surface area (Å²) < 4.78 is 0. The van der Waals surface area contributed by atoms with E-state index < -0.39 is 0 Å². The Morgan fingerprint density at radius 2 is 2.00 bits per heavy atom. The second-order valence-electron chi connectivity index (χ2n) is 7.16. The van der Waals surface area contributed by atoms with Crippen molar-refractivity contribution in [2.24, 2.45) is 28.9 Å². The molecule has 0 radical (unpaired) electrons. The van der Waals surface area contributed by atoms with Gasteiger partial charge in [0.1, 0.15) is 0 Å². The molecule has 0 aromatic rings. The molecule has 1 rings (SSSR count). The van der Waals surface area contributed by atoms with E-state index in [0.717, 1.165) is 25.8 Å². The molecule has 0 saturated heterocycles. The molecule has 0 aromatic heterocycles. The Bertz CT molecular complexity index is 283. The standard InChI is InChI=1S/C15H30N2O/c1-10-6-7-12(8-13(10)16)14(18)17-9-11(2)15(3,4)5/h10-13H,6-9,16H2,1-5H3,(H,17,18). The molecule has 106 valence electrons. The zero-order chi connectivity index (χ0) is 13.9. The number of nitrogens with two attached hydrogens (primary N) is 1. The van der Waals surface area contributed by atoms with Gasteiger partial charge in [-0.1, -0.05) is 34.6 Å². The molecule has 1 aliphatic carbocycles. The van der Waals surface area contributed by atoms with Crippen LogP contribution < -0.4 is 11.1 Å². The number of nitrogens with one attached hydrogen (secondary N) is 1. The topological polar surface area (TPSA) is 55.1 Å². The molecule has 0 heterocycles. The molecule has 0 bridgehead atoms. The van der Waals surface area contributed by atoms with E-state index in [-0.39, 0.29) is 23.3 Å². The third kappa shape index (κ3) is 4.27. The molecule has 3 N–H and O–H groups in total. The first kappa shape index (κ1) is 15.5. The summed E-state index contributed by atoms with van der Waals surface area (Å²) in [6, 6.07) is 0.189. The van der Waals surface area contributed by atoms with Crippen molar-refractivity contribution in [3.05, 3.63) is 0 Å². The fourth-order valence-corrected chi connectivity index (χ4v) is 2.30. The van der Waals surface area contributed by atoms with Crippen LogP contribution in [0.2, 0.25) is 0 Å². The summed E-state index contributed by atoms with van der Waals surface area (Å²) in [6.07, 6.45) is 2.91. The smallest absolute Gasteiger partial charge is 0.223 e. The minimum absolute atomic E-state index is 0.128. The Hall–Kier alpha value is -0.570. The predicted octanol–water partition coefficient (Wildman–Crippen LogP) is 2.55. The SMILES string of the molecule is CC1CCC(C(=O)NCC(C)C(C)(C)C)CC1N. The summed E-state index contributed by atoms with van der Waals surface area (Å²) in [6.45, 7) is 11.8.